The number of nitrogens with zero attached hydrogens (tertiary/aromatic N) is 3. The highest BCUT2D eigenvalue weighted by Gasteiger charge is 2.38. The molecular weight excluding hydrogens is 282 g/mol. The molecule has 1 aromatic carbocycles. The largest absolute Gasteiger partial charge is 0.290 e. The van der Waals surface area contributed by atoms with Crippen LogP contribution in [0.5, 0.6) is 0 Å². The Bertz CT molecular complexity index is 1050. The monoisotopic (exact) mass is 302 g/mol. The van der Waals surface area contributed by atoms with Gasteiger partial charge in [-0.2, -0.15) is 4.57 Å². The van der Waals surface area contributed by atoms with E-state index >= 15 is 0 Å². The van der Waals surface area contributed by atoms with E-state index in [4.69, 9.17) is 4.98 Å². The first-order valence-electron chi connectivity index (χ1n) is 8.25. The maximum absolute atomic E-state index is 4.91. The van der Waals surface area contributed by atoms with Crippen LogP contribution in [0.3, 0.4) is 0 Å². The first-order chi connectivity index (χ1) is 11.1. The molecule has 0 spiro atoms. The lowest BCUT2D eigenvalue weighted by Crippen LogP contribution is -2.37. The maximum atomic E-state index is 4.91. The van der Waals surface area contributed by atoms with Crippen LogP contribution < -0.4 is 4.57 Å². The number of hydrogen-bond acceptors (Lipinski definition) is 1. The molecule has 3 heterocycles. The summed E-state index contributed by atoms with van der Waals surface area (Å²) in [6, 6.07) is 8.86. The van der Waals surface area contributed by atoms with Crippen LogP contribution in [-0.4, -0.2) is 9.55 Å². The summed E-state index contributed by atoms with van der Waals surface area (Å²) in [7, 11) is 2.18. The van der Waals surface area contributed by atoms with Crippen molar-refractivity contribution in [3.05, 3.63) is 63.7 Å². The number of pyridine rings is 1. The molecule has 1 aliphatic carbocycles. The molecule has 0 bridgehead atoms. The topological polar surface area (TPSA) is 21.7 Å². The molecule has 0 saturated carbocycles. The van der Waals surface area contributed by atoms with E-state index in [0.29, 0.717) is 0 Å². The molecule has 0 fully saturated rings. The van der Waals surface area contributed by atoms with Crippen molar-refractivity contribution in [3.63, 3.8) is 0 Å². The Balaban J connectivity index is 1.88. The van der Waals surface area contributed by atoms with E-state index in [0.717, 1.165) is 18.4 Å². The summed E-state index contributed by atoms with van der Waals surface area (Å²) in [5.74, 6) is 1.20. The van der Waals surface area contributed by atoms with Crippen molar-refractivity contribution < 1.29 is 4.57 Å². The molecule has 114 valence electrons. The van der Waals surface area contributed by atoms with E-state index in [9.17, 15) is 0 Å². The predicted molar refractivity (Wildman–Crippen MR) is 91.3 cm³/mol. The summed E-state index contributed by atoms with van der Waals surface area (Å²) >= 11 is 0. The third kappa shape index (κ3) is 1.50. The van der Waals surface area contributed by atoms with E-state index in [1.165, 1.54) is 50.7 Å². The zero-order chi connectivity index (χ0) is 15.9. The van der Waals surface area contributed by atoms with Crippen LogP contribution in [0, 0.1) is 20.8 Å². The fourth-order valence-corrected chi connectivity index (χ4v) is 4.18. The number of aryl methyl sites for hydroxylation is 3. The van der Waals surface area contributed by atoms with Crippen molar-refractivity contribution in [1.82, 2.24) is 9.55 Å². The van der Waals surface area contributed by atoms with E-state index in [-0.39, 0.29) is 0 Å². The molecule has 0 saturated heterocycles. The Morgan fingerprint density at radius 3 is 2.70 bits per heavy atom. The van der Waals surface area contributed by atoms with Gasteiger partial charge in [-0.3, -0.25) is 4.57 Å². The number of allylic oxidation sites excluding steroid dienone is 1. The van der Waals surface area contributed by atoms with E-state index < -0.39 is 0 Å². The molecule has 3 nitrogen and oxygen atoms in total. The highest BCUT2D eigenvalue weighted by atomic mass is 15.1. The summed E-state index contributed by atoms with van der Waals surface area (Å²) in [6.07, 6.45) is 2.05. The summed E-state index contributed by atoms with van der Waals surface area (Å²) in [6.45, 7) is 6.58. The van der Waals surface area contributed by atoms with Gasteiger partial charge in [0.25, 0.3) is 0 Å². The molecule has 0 radical (unpaired) electrons. The van der Waals surface area contributed by atoms with Crippen LogP contribution in [0.15, 0.2) is 29.8 Å². The lowest BCUT2D eigenvalue weighted by atomic mass is 10.1. The summed E-state index contributed by atoms with van der Waals surface area (Å²) in [4.78, 5) is 4.91. The minimum atomic E-state index is 0.982. The predicted octanol–water partition coefficient (Wildman–Crippen LogP) is 3.16. The van der Waals surface area contributed by atoms with Crippen molar-refractivity contribution in [2.75, 3.05) is 0 Å². The first kappa shape index (κ1) is 13.1. The van der Waals surface area contributed by atoms with E-state index in [1.807, 2.05) is 0 Å². The average Bonchev–Trinajstić information content (AvgIpc) is 3.14. The first-order valence-corrected chi connectivity index (χ1v) is 8.25. The van der Waals surface area contributed by atoms with Crippen LogP contribution in [0.1, 0.15) is 33.9 Å². The highest BCUT2D eigenvalue weighted by Crippen LogP contribution is 2.42. The molecule has 2 aliphatic rings. The van der Waals surface area contributed by atoms with Crippen LogP contribution in [0.4, 0.5) is 0 Å². The number of fused-ring (bicyclic) bond motifs is 6. The number of aromatic nitrogens is 3. The van der Waals surface area contributed by atoms with Crippen molar-refractivity contribution in [2.45, 2.75) is 33.6 Å². The molecule has 0 N–H and O–H groups in total. The van der Waals surface area contributed by atoms with Crippen molar-refractivity contribution in [1.29, 1.82) is 0 Å². The van der Waals surface area contributed by atoms with Gasteiger partial charge in [-0.05, 0) is 42.7 Å². The minimum Gasteiger partial charge on any atom is -0.290 e. The third-order valence-corrected chi connectivity index (χ3v) is 5.66. The quantitative estimate of drug-likeness (QED) is 0.585. The molecule has 3 aromatic rings. The summed E-state index contributed by atoms with van der Waals surface area (Å²) in [5.41, 5.74) is 12.1. The maximum Gasteiger partial charge on any atom is 0.233 e. The van der Waals surface area contributed by atoms with Gasteiger partial charge in [0.1, 0.15) is 18.6 Å². The van der Waals surface area contributed by atoms with Crippen molar-refractivity contribution >= 4 is 16.7 Å². The lowest BCUT2D eigenvalue weighted by Gasteiger charge is -2.10. The second-order valence-electron chi connectivity index (χ2n) is 6.95. The number of imidazole rings is 1. The molecule has 0 atom stereocenters. The number of benzene rings is 1. The van der Waals surface area contributed by atoms with Gasteiger partial charge in [0.05, 0.1) is 11.0 Å². The highest BCUT2D eigenvalue weighted by molar-refractivity contribution is 5.90. The van der Waals surface area contributed by atoms with Crippen LogP contribution in [-0.2, 0) is 19.9 Å². The van der Waals surface area contributed by atoms with Gasteiger partial charge < -0.3 is 0 Å². The van der Waals surface area contributed by atoms with Crippen LogP contribution in [0.25, 0.3) is 16.7 Å². The fourth-order valence-electron chi connectivity index (χ4n) is 4.18. The molecular formula is C20H20N3+. The second kappa shape index (κ2) is 4.10. The molecule has 0 amide bonds. The lowest BCUT2D eigenvalue weighted by molar-refractivity contribution is -0.680. The van der Waals surface area contributed by atoms with Gasteiger partial charge in [-0.25, -0.2) is 4.98 Å². The smallest absolute Gasteiger partial charge is 0.233 e. The van der Waals surface area contributed by atoms with Gasteiger partial charge in [0, 0.05) is 31.4 Å². The third-order valence-electron chi connectivity index (χ3n) is 5.66. The molecule has 3 heteroatoms. The zero-order valence-corrected chi connectivity index (χ0v) is 14.1. The Morgan fingerprint density at radius 2 is 1.87 bits per heavy atom. The second-order valence-corrected chi connectivity index (χ2v) is 6.95. The average molecular weight is 302 g/mol. The van der Waals surface area contributed by atoms with Gasteiger partial charge in [-0.15, -0.1) is 0 Å². The fraction of sp³-hybridized carbons (Fsp3) is 0.300. The minimum absolute atomic E-state index is 0.982. The number of rotatable bonds is 0. The van der Waals surface area contributed by atoms with Gasteiger partial charge >= 0.3 is 0 Å². The van der Waals surface area contributed by atoms with Crippen molar-refractivity contribution in [2.24, 2.45) is 7.05 Å². The zero-order valence-electron chi connectivity index (χ0n) is 14.1. The van der Waals surface area contributed by atoms with Gasteiger partial charge in [0.15, 0.2) is 5.69 Å². The SMILES string of the molecule is Cc1ccc2nc3n(c2c1C)C1=C(Cc2ccc(C)[n+](C)c21)C3. The Morgan fingerprint density at radius 1 is 1.04 bits per heavy atom. The summed E-state index contributed by atoms with van der Waals surface area (Å²) < 4.78 is 4.77. The Labute approximate surface area is 135 Å². The van der Waals surface area contributed by atoms with Gasteiger partial charge in [-0.1, -0.05) is 6.07 Å². The summed E-state index contributed by atoms with van der Waals surface area (Å²) in [5, 5.41) is 0. The van der Waals surface area contributed by atoms with Crippen LogP contribution >= 0.6 is 0 Å². The number of hydrogen-bond donors (Lipinski definition) is 0. The van der Waals surface area contributed by atoms with Gasteiger partial charge in [0.2, 0.25) is 5.69 Å². The van der Waals surface area contributed by atoms with E-state index in [2.05, 4.69) is 61.2 Å². The molecule has 1 aliphatic heterocycles. The standard InChI is InChI=1S/C20H20N3/c1-11-5-8-16-18(13(11)3)23-17(21-16)10-15-9-14-7-6-12(2)22(4)19(14)20(15)23/h5-8H,9-10H2,1-4H3/q+1. The van der Waals surface area contributed by atoms with E-state index in [1.54, 1.807) is 0 Å². The van der Waals surface area contributed by atoms with Crippen LogP contribution in [0.2, 0.25) is 0 Å². The molecule has 2 aromatic heterocycles. The molecule has 5 rings (SSSR count). The molecule has 23 heavy (non-hydrogen) atoms. The Hall–Kier alpha value is -2.42. The Kier molecular flexibility index (Phi) is 2.33. The normalized spacial score (nSPS) is 15.3. The van der Waals surface area contributed by atoms with Crippen molar-refractivity contribution in [3.8, 4) is 0 Å². The molecule has 0 unspecified atom stereocenters.